The maximum atomic E-state index is 13.0. The summed E-state index contributed by atoms with van der Waals surface area (Å²) in [5.41, 5.74) is 1.75. The molecule has 0 radical (unpaired) electrons. The number of ether oxygens (including phenoxy) is 1. The molecule has 2 aromatic rings. The molecule has 0 aliphatic rings. The van der Waals surface area contributed by atoms with Crippen molar-refractivity contribution in [3.05, 3.63) is 59.9 Å². The van der Waals surface area contributed by atoms with E-state index in [4.69, 9.17) is 4.74 Å². The minimum atomic E-state index is -0.460. The SMILES string of the molecule is CCc1ccccc1NC(=O)CNC(=O)COc1cccc(F)c1. The first-order valence-electron chi connectivity index (χ1n) is 7.61. The minimum absolute atomic E-state index is 0.163. The number of hydrogen-bond donors (Lipinski definition) is 2. The molecule has 2 N–H and O–H groups in total. The van der Waals surface area contributed by atoms with Crippen LogP contribution in [0.15, 0.2) is 48.5 Å². The van der Waals surface area contributed by atoms with Crippen molar-refractivity contribution in [2.75, 3.05) is 18.5 Å². The van der Waals surface area contributed by atoms with Gasteiger partial charge in [0, 0.05) is 11.8 Å². The number of nitrogens with one attached hydrogen (secondary N) is 2. The molecule has 0 fully saturated rings. The van der Waals surface area contributed by atoms with Crippen molar-refractivity contribution in [3.63, 3.8) is 0 Å². The van der Waals surface area contributed by atoms with Crippen LogP contribution in [0.3, 0.4) is 0 Å². The molecule has 5 nitrogen and oxygen atoms in total. The highest BCUT2D eigenvalue weighted by atomic mass is 19.1. The Kier molecular flexibility index (Phi) is 6.31. The molecule has 0 aromatic heterocycles. The van der Waals surface area contributed by atoms with E-state index < -0.39 is 11.7 Å². The normalized spacial score (nSPS) is 10.1. The summed E-state index contributed by atoms with van der Waals surface area (Å²) in [4.78, 5) is 23.6. The Hall–Kier alpha value is -2.89. The van der Waals surface area contributed by atoms with Gasteiger partial charge in [0.05, 0.1) is 6.54 Å². The fourth-order valence-corrected chi connectivity index (χ4v) is 2.08. The molecule has 0 aliphatic carbocycles. The number of halogens is 1. The van der Waals surface area contributed by atoms with Crippen molar-refractivity contribution in [2.24, 2.45) is 0 Å². The van der Waals surface area contributed by atoms with Gasteiger partial charge in [0.15, 0.2) is 6.61 Å². The molecule has 2 amide bonds. The first-order chi connectivity index (χ1) is 11.6. The molecule has 0 heterocycles. The summed E-state index contributed by atoms with van der Waals surface area (Å²) in [5.74, 6) is -0.971. The summed E-state index contributed by atoms with van der Waals surface area (Å²) in [7, 11) is 0. The lowest BCUT2D eigenvalue weighted by Crippen LogP contribution is -2.35. The van der Waals surface area contributed by atoms with E-state index >= 15 is 0 Å². The van der Waals surface area contributed by atoms with Crippen LogP contribution < -0.4 is 15.4 Å². The van der Waals surface area contributed by atoms with Gasteiger partial charge in [-0.05, 0) is 30.2 Å². The second kappa shape index (κ2) is 8.67. The highest BCUT2D eigenvalue weighted by molar-refractivity contribution is 5.95. The number of rotatable bonds is 7. The Morgan fingerprint density at radius 1 is 1.08 bits per heavy atom. The number of hydrogen-bond acceptors (Lipinski definition) is 3. The topological polar surface area (TPSA) is 67.4 Å². The Balaban J connectivity index is 1.76. The van der Waals surface area contributed by atoms with Gasteiger partial charge in [0.25, 0.3) is 5.91 Å². The summed E-state index contributed by atoms with van der Waals surface area (Å²) >= 11 is 0. The maximum Gasteiger partial charge on any atom is 0.258 e. The van der Waals surface area contributed by atoms with Gasteiger partial charge >= 0.3 is 0 Å². The quantitative estimate of drug-likeness (QED) is 0.820. The zero-order valence-corrected chi connectivity index (χ0v) is 13.3. The van der Waals surface area contributed by atoms with Gasteiger partial charge in [-0.3, -0.25) is 9.59 Å². The number of carbonyl (C=O) groups is 2. The van der Waals surface area contributed by atoms with Crippen molar-refractivity contribution in [2.45, 2.75) is 13.3 Å². The van der Waals surface area contributed by atoms with Gasteiger partial charge in [0.1, 0.15) is 11.6 Å². The van der Waals surface area contributed by atoms with Gasteiger partial charge in [0.2, 0.25) is 5.91 Å². The van der Waals surface area contributed by atoms with Gasteiger partial charge < -0.3 is 15.4 Å². The first-order valence-corrected chi connectivity index (χ1v) is 7.61. The molecule has 0 atom stereocenters. The Bertz CT molecular complexity index is 719. The number of para-hydroxylation sites is 1. The summed E-state index contributed by atoms with van der Waals surface area (Å²) < 4.78 is 18.1. The van der Waals surface area contributed by atoms with E-state index in [9.17, 15) is 14.0 Å². The highest BCUT2D eigenvalue weighted by Gasteiger charge is 2.08. The second-order valence-electron chi connectivity index (χ2n) is 5.08. The number of carbonyl (C=O) groups excluding carboxylic acids is 2. The molecule has 0 spiro atoms. The molecule has 126 valence electrons. The number of aryl methyl sites for hydroxylation is 1. The lowest BCUT2D eigenvalue weighted by atomic mass is 10.1. The third-order valence-electron chi connectivity index (χ3n) is 3.28. The van der Waals surface area contributed by atoms with Crippen LogP contribution >= 0.6 is 0 Å². The van der Waals surface area contributed by atoms with Crippen molar-refractivity contribution in [3.8, 4) is 5.75 Å². The van der Waals surface area contributed by atoms with Gasteiger partial charge in [-0.2, -0.15) is 0 Å². The second-order valence-corrected chi connectivity index (χ2v) is 5.08. The molecule has 0 unspecified atom stereocenters. The monoisotopic (exact) mass is 330 g/mol. The van der Waals surface area contributed by atoms with E-state index in [0.717, 1.165) is 17.7 Å². The summed E-state index contributed by atoms with van der Waals surface area (Å²) in [5, 5.41) is 5.21. The largest absolute Gasteiger partial charge is 0.484 e. The first kappa shape index (κ1) is 17.5. The fourth-order valence-electron chi connectivity index (χ4n) is 2.08. The molecule has 2 rings (SSSR count). The van der Waals surface area contributed by atoms with E-state index in [1.165, 1.54) is 18.2 Å². The fraction of sp³-hybridized carbons (Fsp3) is 0.222. The van der Waals surface area contributed by atoms with Crippen LogP contribution in [0, 0.1) is 5.82 Å². The average molecular weight is 330 g/mol. The molecule has 0 saturated carbocycles. The van der Waals surface area contributed by atoms with Gasteiger partial charge in [-0.25, -0.2) is 4.39 Å². The molecular weight excluding hydrogens is 311 g/mol. The van der Waals surface area contributed by atoms with Crippen LogP contribution in [0.25, 0.3) is 0 Å². The Labute approximate surface area is 139 Å². The zero-order chi connectivity index (χ0) is 17.4. The van der Waals surface area contributed by atoms with Crippen molar-refractivity contribution in [1.82, 2.24) is 5.32 Å². The number of benzene rings is 2. The van der Waals surface area contributed by atoms with Crippen LogP contribution in [0.2, 0.25) is 0 Å². The smallest absolute Gasteiger partial charge is 0.258 e. The molecule has 0 aliphatic heterocycles. The molecular formula is C18H19FN2O3. The summed E-state index contributed by atoms with van der Waals surface area (Å²) in [6.07, 6.45) is 0.796. The van der Waals surface area contributed by atoms with E-state index in [2.05, 4.69) is 10.6 Å². The van der Waals surface area contributed by atoms with Gasteiger partial charge in [-0.15, -0.1) is 0 Å². The molecule has 0 bridgehead atoms. The van der Waals surface area contributed by atoms with Gasteiger partial charge in [-0.1, -0.05) is 31.2 Å². The Morgan fingerprint density at radius 2 is 1.88 bits per heavy atom. The summed E-state index contributed by atoms with van der Waals surface area (Å²) in [6.45, 7) is 1.54. The van der Waals surface area contributed by atoms with Crippen LogP contribution in [0.1, 0.15) is 12.5 Å². The van der Waals surface area contributed by atoms with Crippen LogP contribution in [-0.4, -0.2) is 25.0 Å². The van der Waals surface area contributed by atoms with Crippen LogP contribution in [-0.2, 0) is 16.0 Å². The third kappa shape index (κ3) is 5.39. The standard InChI is InChI=1S/C18H19FN2O3/c1-2-13-6-3-4-9-16(13)21-17(22)11-20-18(23)12-24-15-8-5-7-14(19)10-15/h3-10H,2,11-12H2,1H3,(H,20,23)(H,21,22). The zero-order valence-electron chi connectivity index (χ0n) is 13.3. The average Bonchev–Trinajstić information content (AvgIpc) is 2.58. The third-order valence-corrected chi connectivity index (χ3v) is 3.28. The van der Waals surface area contributed by atoms with Crippen LogP contribution in [0.4, 0.5) is 10.1 Å². The highest BCUT2D eigenvalue weighted by Crippen LogP contribution is 2.15. The van der Waals surface area contributed by atoms with Crippen molar-refractivity contribution >= 4 is 17.5 Å². The minimum Gasteiger partial charge on any atom is -0.484 e. The lowest BCUT2D eigenvalue weighted by molar-refractivity contribution is -0.125. The van der Waals surface area contributed by atoms with E-state index in [0.29, 0.717) is 0 Å². The van der Waals surface area contributed by atoms with E-state index in [1.54, 1.807) is 6.07 Å². The molecule has 2 aromatic carbocycles. The van der Waals surface area contributed by atoms with Crippen molar-refractivity contribution < 1.29 is 18.7 Å². The number of anilines is 1. The lowest BCUT2D eigenvalue weighted by Gasteiger charge is -2.10. The molecule has 6 heteroatoms. The Morgan fingerprint density at radius 3 is 2.62 bits per heavy atom. The predicted molar refractivity (Wildman–Crippen MR) is 89.4 cm³/mol. The maximum absolute atomic E-state index is 13.0. The predicted octanol–water partition coefficient (Wildman–Crippen LogP) is 2.52. The van der Waals surface area contributed by atoms with E-state index in [-0.39, 0.29) is 24.8 Å². The molecule has 0 saturated heterocycles. The molecule has 24 heavy (non-hydrogen) atoms. The number of amides is 2. The van der Waals surface area contributed by atoms with Crippen LogP contribution in [0.5, 0.6) is 5.75 Å². The summed E-state index contributed by atoms with van der Waals surface area (Å²) in [6, 6.07) is 13.0. The van der Waals surface area contributed by atoms with E-state index in [1.807, 2.05) is 31.2 Å². The van der Waals surface area contributed by atoms with Crippen molar-refractivity contribution in [1.29, 1.82) is 0 Å².